The summed E-state index contributed by atoms with van der Waals surface area (Å²) in [5, 5.41) is 8.67. The predicted octanol–water partition coefficient (Wildman–Crippen LogP) is 1.75. The third-order valence-electron chi connectivity index (χ3n) is 3.31. The molecule has 1 fully saturated rings. The van der Waals surface area contributed by atoms with E-state index in [0.29, 0.717) is 31.8 Å². The van der Waals surface area contributed by atoms with E-state index in [1.165, 1.54) is 0 Å². The van der Waals surface area contributed by atoms with Crippen molar-refractivity contribution < 1.29 is 9.53 Å². The number of carbonyl (C=O) groups is 1. The summed E-state index contributed by atoms with van der Waals surface area (Å²) in [6.07, 6.45) is 5.40. The average molecular weight is 238 g/mol. The van der Waals surface area contributed by atoms with Crippen molar-refractivity contribution in [2.45, 2.75) is 44.6 Å². The van der Waals surface area contributed by atoms with Gasteiger partial charge in [0.15, 0.2) is 0 Å². The normalized spacial score (nSPS) is 21.2. The first-order chi connectivity index (χ1) is 8.29. The highest BCUT2D eigenvalue weighted by Crippen LogP contribution is 2.19. The van der Waals surface area contributed by atoms with E-state index < -0.39 is 0 Å². The lowest BCUT2D eigenvalue weighted by Gasteiger charge is -2.29. The zero-order valence-corrected chi connectivity index (χ0v) is 10.7. The zero-order valence-electron chi connectivity index (χ0n) is 10.7. The number of carbonyl (C=O) groups excluding carboxylic acids is 1. The molecule has 4 heteroatoms. The van der Waals surface area contributed by atoms with E-state index in [9.17, 15) is 4.79 Å². The summed E-state index contributed by atoms with van der Waals surface area (Å²) in [7, 11) is 1.66. The maximum atomic E-state index is 12.0. The monoisotopic (exact) mass is 238 g/mol. The highest BCUT2D eigenvalue weighted by atomic mass is 16.5. The molecule has 0 bridgehead atoms. The van der Waals surface area contributed by atoms with Crippen LogP contribution in [0.3, 0.4) is 0 Å². The molecular weight excluding hydrogens is 216 g/mol. The number of methoxy groups -OCH3 is 1. The van der Waals surface area contributed by atoms with Crippen LogP contribution in [0.2, 0.25) is 0 Å². The summed E-state index contributed by atoms with van der Waals surface area (Å²) in [4.78, 5) is 14.1. The van der Waals surface area contributed by atoms with Gasteiger partial charge in [0.1, 0.15) is 5.78 Å². The van der Waals surface area contributed by atoms with Gasteiger partial charge in [0.05, 0.1) is 18.7 Å². The van der Waals surface area contributed by atoms with Crippen LogP contribution in [-0.4, -0.2) is 43.5 Å². The molecule has 0 spiro atoms. The maximum absolute atomic E-state index is 12.0. The Kier molecular flexibility index (Phi) is 6.83. The second kappa shape index (κ2) is 8.21. The molecule has 0 aromatic carbocycles. The smallest absolute Gasteiger partial charge is 0.149 e. The Balaban J connectivity index is 2.58. The fourth-order valence-electron chi connectivity index (χ4n) is 2.35. The van der Waals surface area contributed by atoms with Crippen molar-refractivity contribution in [1.29, 1.82) is 5.26 Å². The number of hydrogen-bond acceptors (Lipinski definition) is 4. The highest BCUT2D eigenvalue weighted by molar-refractivity contribution is 5.84. The number of nitrogens with zero attached hydrogens (tertiary/aromatic N) is 2. The number of ketones is 1. The zero-order chi connectivity index (χ0) is 12.5. The van der Waals surface area contributed by atoms with Gasteiger partial charge in [-0.25, -0.2) is 0 Å². The lowest BCUT2D eigenvalue weighted by molar-refractivity contribution is -0.124. The number of ether oxygens (including phenoxy) is 1. The van der Waals surface area contributed by atoms with E-state index in [1.54, 1.807) is 7.11 Å². The summed E-state index contributed by atoms with van der Waals surface area (Å²) in [6, 6.07) is 2.17. The summed E-state index contributed by atoms with van der Waals surface area (Å²) >= 11 is 0. The van der Waals surface area contributed by atoms with Gasteiger partial charge in [0.2, 0.25) is 0 Å². The number of hydrogen-bond donors (Lipinski definition) is 0. The lowest BCUT2D eigenvalue weighted by Crippen LogP contribution is -2.43. The second-order valence-corrected chi connectivity index (χ2v) is 4.52. The average Bonchev–Trinajstić information content (AvgIpc) is 2.55. The van der Waals surface area contributed by atoms with E-state index >= 15 is 0 Å². The Morgan fingerprint density at radius 3 is 2.94 bits per heavy atom. The van der Waals surface area contributed by atoms with Gasteiger partial charge < -0.3 is 4.74 Å². The minimum atomic E-state index is 0.0148. The number of nitriles is 1. The summed E-state index contributed by atoms with van der Waals surface area (Å²) in [5.41, 5.74) is 0. The van der Waals surface area contributed by atoms with Crippen molar-refractivity contribution in [3.05, 3.63) is 0 Å². The van der Waals surface area contributed by atoms with Crippen molar-refractivity contribution in [2.75, 3.05) is 26.8 Å². The Bertz CT molecular complexity index is 273. The van der Waals surface area contributed by atoms with E-state index in [-0.39, 0.29) is 6.04 Å². The Hall–Kier alpha value is -0.920. The standard InChI is InChI=1S/C13H22N2O2/c1-17-11-10-15(9-5-8-14)12-6-3-2-4-7-13(12)16/h12H,2-7,9-11H2,1H3. The van der Waals surface area contributed by atoms with Crippen LogP contribution in [0.1, 0.15) is 38.5 Å². The van der Waals surface area contributed by atoms with Crippen LogP contribution < -0.4 is 0 Å². The minimum absolute atomic E-state index is 0.0148. The molecule has 17 heavy (non-hydrogen) atoms. The molecule has 0 radical (unpaired) electrons. The van der Waals surface area contributed by atoms with Crippen LogP contribution in [0, 0.1) is 11.3 Å². The first-order valence-corrected chi connectivity index (χ1v) is 6.42. The van der Waals surface area contributed by atoms with Crippen molar-refractivity contribution >= 4 is 5.78 Å². The lowest BCUT2D eigenvalue weighted by atomic mass is 10.1. The molecule has 0 aliphatic heterocycles. The van der Waals surface area contributed by atoms with Gasteiger partial charge in [-0.05, 0) is 12.8 Å². The fraction of sp³-hybridized carbons (Fsp3) is 0.846. The first kappa shape index (κ1) is 14.1. The number of rotatable bonds is 6. The Labute approximate surface area is 104 Å². The summed E-state index contributed by atoms with van der Waals surface area (Å²) in [5.74, 6) is 0.344. The van der Waals surface area contributed by atoms with Crippen molar-refractivity contribution in [3.8, 4) is 6.07 Å². The Morgan fingerprint density at radius 2 is 2.24 bits per heavy atom. The number of Topliss-reactive ketones (excluding diaryl/α,β-unsaturated/α-hetero) is 1. The highest BCUT2D eigenvalue weighted by Gasteiger charge is 2.26. The van der Waals surface area contributed by atoms with Gasteiger partial charge in [0.25, 0.3) is 0 Å². The molecule has 0 heterocycles. The van der Waals surface area contributed by atoms with E-state index in [1.807, 2.05) is 0 Å². The molecule has 1 aliphatic rings. The molecule has 1 atom stereocenters. The molecule has 0 N–H and O–H groups in total. The van der Waals surface area contributed by atoms with Gasteiger partial charge in [-0.2, -0.15) is 5.26 Å². The molecule has 0 amide bonds. The van der Waals surface area contributed by atoms with Gasteiger partial charge >= 0.3 is 0 Å². The molecule has 0 aromatic rings. The first-order valence-electron chi connectivity index (χ1n) is 6.42. The van der Waals surface area contributed by atoms with Crippen LogP contribution in [0.15, 0.2) is 0 Å². The van der Waals surface area contributed by atoms with E-state index in [0.717, 1.165) is 32.2 Å². The van der Waals surface area contributed by atoms with Crippen molar-refractivity contribution in [3.63, 3.8) is 0 Å². The SMILES string of the molecule is COCCN(CCC#N)C1CCCCCC1=O. The third kappa shape index (κ3) is 4.84. The summed E-state index contributed by atoms with van der Waals surface area (Å²) < 4.78 is 5.07. The van der Waals surface area contributed by atoms with Gasteiger partial charge in [-0.15, -0.1) is 0 Å². The fourth-order valence-corrected chi connectivity index (χ4v) is 2.35. The molecule has 1 rings (SSSR count). The van der Waals surface area contributed by atoms with Gasteiger partial charge in [0, 0.05) is 33.0 Å². The molecule has 4 nitrogen and oxygen atoms in total. The van der Waals surface area contributed by atoms with Gasteiger partial charge in [-0.3, -0.25) is 9.69 Å². The largest absolute Gasteiger partial charge is 0.383 e. The minimum Gasteiger partial charge on any atom is -0.383 e. The predicted molar refractivity (Wildman–Crippen MR) is 65.6 cm³/mol. The van der Waals surface area contributed by atoms with Crippen LogP contribution in [0.4, 0.5) is 0 Å². The molecule has 1 unspecified atom stereocenters. The van der Waals surface area contributed by atoms with Gasteiger partial charge in [-0.1, -0.05) is 12.8 Å². The Morgan fingerprint density at radius 1 is 1.41 bits per heavy atom. The quantitative estimate of drug-likeness (QED) is 0.661. The topological polar surface area (TPSA) is 53.3 Å². The molecule has 1 saturated carbocycles. The molecule has 0 saturated heterocycles. The van der Waals surface area contributed by atoms with Crippen LogP contribution in [0.5, 0.6) is 0 Å². The van der Waals surface area contributed by atoms with Crippen molar-refractivity contribution in [1.82, 2.24) is 4.90 Å². The second-order valence-electron chi connectivity index (χ2n) is 4.52. The molecule has 1 aliphatic carbocycles. The third-order valence-corrected chi connectivity index (χ3v) is 3.31. The van der Waals surface area contributed by atoms with E-state index in [2.05, 4.69) is 11.0 Å². The van der Waals surface area contributed by atoms with E-state index in [4.69, 9.17) is 10.00 Å². The van der Waals surface area contributed by atoms with Crippen LogP contribution in [0.25, 0.3) is 0 Å². The summed E-state index contributed by atoms with van der Waals surface area (Å²) in [6.45, 7) is 2.04. The molecule has 0 aromatic heterocycles. The molecule has 96 valence electrons. The van der Waals surface area contributed by atoms with Crippen LogP contribution in [-0.2, 0) is 9.53 Å². The van der Waals surface area contributed by atoms with Crippen LogP contribution >= 0.6 is 0 Å². The van der Waals surface area contributed by atoms with Crippen molar-refractivity contribution in [2.24, 2.45) is 0 Å². The maximum Gasteiger partial charge on any atom is 0.149 e. The molecular formula is C13H22N2O2.